The third-order valence-corrected chi connectivity index (χ3v) is 14.7. The van der Waals surface area contributed by atoms with Crippen LogP contribution in [0.15, 0.2) is 54.6 Å². The number of hydrogen-bond acceptors (Lipinski definition) is 9. The number of benzene rings is 3. The summed E-state index contributed by atoms with van der Waals surface area (Å²) in [5.74, 6) is -0.643. The molecule has 0 unspecified atom stereocenters. The molecule has 3 heterocycles. The molecule has 0 aromatic heterocycles. The summed E-state index contributed by atoms with van der Waals surface area (Å²) in [4.78, 5) is 39.0. The predicted molar refractivity (Wildman–Crippen MR) is 285 cm³/mol. The first-order valence-corrected chi connectivity index (χ1v) is 25.4. The van der Waals surface area contributed by atoms with Gasteiger partial charge in [0.25, 0.3) is 0 Å². The number of nitrogens with zero attached hydrogens (tertiary/aromatic N) is 1. The van der Waals surface area contributed by atoms with Gasteiger partial charge in [0.15, 0.2) is 0 Å². The summed E-state index contributed by atoms with van der Waals surface area (Å²) in [5.41, 5.74) is 10.7. The number of nitrogens with one attached hydrogen (secondary N) is 4. The number of ether oxygens (including phenoxy) is 3. The second-order valence-corrected chi connectivity index (χ2v) is 23.3. The lowest BCUT2D eigenvalue weighted by molar-refractivity contribution is 0.00331. The largest absolute Gasteiger partial charge is 0.444 e. The van der Waals surface area contributed by atoms with Crippen LogP contribution in [0.3, 0.4) is 0 Å². The van der Waals surface area contributed by atoms with Crippen LogP contribution in [0.25, 0.3) is 0 Å². The first-order chi connectivity index (χ1) is 34.3. The first-order valence-electron chi connectivity index (χ1n) is 26.4. The van der Waals surface area contributed by atoms with Crippen molar-refractivity contribution in [1.82, 2.24) is 26.2 Å². The lowest BCUT2D eigenvalue weighted by Gasteiger charge is -2.43. The van der Waals surface area contributed by atoms with Gasteiger partial charge in [0.2, 0.25) is 0 Å². The molecule has 6 N–H and O–H groups in total. The van der Waals surface area contributed by atoms with Crippen molar-refractivity contribution >= 4 is 26.1 Å². The summed E-state index contributed by atoms with van der Waals surface area (Å²) in [5, 5.41) is 12.8. The van der Waals surface area contributed by atoms with Gasteiger partial charge in [-0.05, 0) is 221 Å². The van der Waals surface area contributed by atoms with Gasteiger partial charge in [-0.25, -0.2) is 27.6 Å². The molecule has 3 aliphatic heterocycles. The van der Waals surface area contributed by atoms with Crippen molar-refractivity contribution in [3.8, 4) is 0 Å². The van der Waals surface area contributed by atoms with E-state index >= 15 is 0 Å². The highest BCUT2D eigenvalue weighted by atomic mass is 19.1. The average Bonchev–Trinajstić information content (AvgIpc) is 3.85. The van der Waals surface area contributed by atoms with Crippen LogP contribution in [0.4, 0.5) is 27.6 Å². The number of rotatable bonds is 2. The molecule has 73 heavy (non-hydrogen) atoms. The Labute approximate surface area is 437 Å². The number of fused-ring (bicyclic) bond motifs is 3. The number of piperidine rings is 3. The van der Waals surface area contributed by atoms with E-state index in [0.29, 0.717) is 32.4 Å². The van der Waals surface area contributed by atoms with Crippen LogP contribution in [-0.2, 0) is 33.5 Å². The highest BCUT2D eigenvalue weighted by Gasteiger charge is 2.51. The van der Waals surface area contributed by atoms with Gasteiger partial charge in [-0.2, -0.15) is 0 Å². The van der Waals surface area contributed by atoms with Crippen molar-refractivity contribution in [1.29, 1.82) is 0 Å². The molecule has 3 aromatic rings. The zero-order valence-corrected chi connectivity index (χ0v) is 44.7. The number of nitrogens with two attached hydrogens (primary N) is 1. The minimum atomic E-state index is -0.610. The minimum Gasteiger partial charge on any atom is -0.444 e. The van der Waals surface area contributed by atoms with Gasteiger partial charge >= 0.3 is 18.3 Å². The Kier molecular flexibility index (Phi) is 19.6. The van der Waals surface area contributed by atoms with E-state index in [4.69, 9.17) is 21.3 Å². The SMILES string of the molecule is C.CC(C)(C)OC(=O)N[C@@H]1c2ccc(F)cc2CC12CCN(C(=O)OC(C)(C)C)CC2.CC(C)(C)OC(=O)N[C@@H]1c2ccc(F)cc2CC12CCNCC2.N[C@@H]1c2ccc(F)cc2CC12CCNCC2.[2H]C.[B]C. The molecule has 0 saturated carbocycles. The Morgan fingerprint density at radius 3 is 1.30 bits per heavy atom. The van der Waals surface area contributed by atoms with E-state index in [1.165, 1.54) is 32.4 Å². The Bertz CT molecular complexity index is 2350. The minimum absolute atomic E-state index is 0. The van der Waals surface area contributed by atoms with Crippen LogP contribution in [0, 0.1) is 33.7 Å². The molecule has 404 valence electrons. The van der Waals surface area contributed by atoms with E-state index < -0.39 is 29.0 Å². The van der Waals surface area contributed by atoms with E-state index in [-0.39, 0.29) is 65.3 Å². The molecule has 2 radical (unpaired) electrons. The number of alkyl carbamates (subject to hydrolysis) is 2. The maximum Gasteiger partial charge on any atom is 0.410 e. The van der Waals surface area contributed by atoms with Crippen LogP contribution in [-0.4, -0.2) is 87.1 Å². The van der Waals surface area contributed by atoms with Crippen molar-refractivity contribution in [2.24, 2.45) is 22.0 Å². The fourth-order valence-corrected chi connectivity index (χ4v) is 11.5. The Balaban J connectivity index is 0.000000240. The summed E-state index contributed by atoms with van der Waals surface area (Å²) in [6.45, 7) is 23.0. The fraction of sp³-hybridized carbons (Fsp3) is 0.632. The molecule has 12 nitrogen and oxygen atoms in total. The van der Waals surface area contributed by atoms with Crippen molar-refractivity contribution < 1.29 is 43.1 Å². The maximum absolute atomic E-state index is 13.9. The zero-order valence-electron chi connectivity index (χ0n) is 45.7. The third kappa shape index (κ3) is 15.0. The maximum atomic E-state index is 13.9. The molecule has 3 spiro atoms. The average molecular weight is 1020 g/mol. The summed E-state index contributed by atoms with van der Waals surface area (Å²) in [7, 11) is 5.75. The molecule has 6 aliphatic rings. The van der Waals surface area contributed by atoms with Crippen molar-refractivity contribution in [2.45, 2.75) is 177 Å². The normalized spacial score (nSPS) is 21.7. The Morgan fingerprint density at radius 1 is 0.589 bits per heavy atom. The molecule has 3 aromatic carbocycles. The van der Waals surface area contributed by atoms with Crippen LogP contribution >= 0.6 is 0 Å². The van der Waals surface area contributed by atoms with Gasteiger partial charge in [0.05, 0.1) is 19.9 Å². The standard InChI is InChI=1S/C23H33FN2O4.C18H25FN2O2.C13H17FN2.CH3B.2CH4/c1-21(2,3)29-19(27)25-18-17-8-7-16(24)13-15(17)14-23(18)9-11-26(12-10-23)20(28)30-22(4,5)6;1-17(2,3)23-16(22)21-15-14-5-4-13(19)10-12(14)11-18(15)6-8-20-9-7-18;14-10-1-2-11-9(7-10)8-13(12(11)15)3-5-16-6-4-13;1-2;;/h7-8,13,18H,9-12,14H2,1-6H3,(H,25,27);4-5,10,15,20H,6-9,11H2,1-3H3,(H,21,22);1-2,7,12,16H,3-6,8,15H2;1H3;2*1H4/t18-;15-;12-;;;/m111.../s1/i;;;;1D;. The molecule has 3 saturated heterocycles. The molecule has 3 aliphatic carbocycles. The highest BCUT2D eigenvalue weighted by molar-refractivity contribution is 6.05. The summed E-state index contributed by atoms with van der Waals surface area (Å²) in [6, 6.07) is 14.4. The Hall–Kier alpha value is -4.80. The molecule has 0 bridgehead atoms. The number of carbonyl (C=O) groups is 3. The second-order valence-electron chi connectivity index (χ2n) is 23.3. The number of likely N-dealkylation sites (tertiary alicyclic amines) is 1. The van der Waals surface area contributed by atoms with Gasteiger partial charge in [0, 0.05) is 31.3 Å². The van der Waals surface area contributed by atoms with Gasteiger partial charge < -0.3 is 46.1 Å². The first kappa shape index (κ1) is 59.1. The van der Waals surface area contributed by atoms with Crippen molar-refractivity contribution in [3.05, 3.63) is 105 Å². The van der Waals surface area contributed by atoms with Crippen molar-refractivity contribution in [3.63, 3.8) is 0 Å². The van der Waals surface area contributed by atoms with Crippen LogP contribution in [0.5, 0.6) is 0 Å². The highest BCUT2D eigenvalue weighted by Crippen LogP contribution is 2.54. The molecule has 3 amide bonds. The smallest absolute Gasteiger partial charge is 0.410 e. The topological polar surface area (TPSA) is 156 Å². The van der Waals surface area contributed by atoms with E-state index in [2.05, 4.69) is 29.1 Å². The van der Waals surface area contributed by atoms with E-state index in [1.807, 2.05) is 74.4 Å². The Morgan fingerprint density at radius 2 is 0.918 bits per heavy atom. The number of halogens is 3. The van der Waals surface area contributed by atoms with Crippen LogP contribution in [0.1, 0.15) is 169 Å². The van der Waals surface area contributed by atoms with Gasteiger partial charge in [-0.1, -0.05) is 39.9 Å². The molecular formula is C57H86BF3N6O6. The van der Waals surface area contributed by atoms with Gasteiger partial charge in [0.1, 0.15) is 34.3 Å². The number of carbonyl (C=O) groups excluding carboxylic acids is 3. The quantitative estimate of drug-likeness (QED) is 0.125. The van der Waals surface area contributed by atoms with Gasteiger partial charge in [-0.15, -0.1) is 0 Å². The second kappa shape index (κ2) is 24.3. The van der Waals surface area contributed by atoms with Crippen LogP contribution in [0.2, 0.25) is 6.82 Å². The monoisotopic (exact) mass is 1020 g/mol. The van der Waals surface area contributed by atoms with Gasteiger partial charge in [-0.3, -0.25) is 0 Å². The van der Waals surface area contributed by atoms with E-state index in [9.17, 15) is 27.6 Å². The summed E-state index contributed by atoms with van der Waals surface area (Å²) in [6.07, 6.45) is 6.69. The number of amides is 3. The lowest BCUT2D eigenvalue weighted by atomic mass is 9.73. The lowest BCUT2D eigenvalue weighted by Crippen LogP contribution is -2.49. The van der Waals surface area contributed by atoms with E-state index in [1.54, 1.807) is 29.2 Å². The summed E-state index contributed by atoms with van der Waals surface area (Å²) < 4.78 is 62.8. The van der Waals surface area contributed by atoms with E-state index in [0.717, 1.165) is 98.1 Å². The predicted octanol–water partition coefficient (Wildman–Crippen LogP) is 11.5. The summed E-state index contributed by atoms with van der Waals surface area (Å²) >= 11 is 0. The molecule has 3 atom stereocenters. The van der Waals surface area contributed by atoms with Crippen LogP contribution < -0.4 is 27.0 Å². The third-order valence-electron chi connectivity index (χ3n) is 14.7. The molecule has 9 rings (SSSR count). The molecular weight excluding hydrogens is 932 g/mol. The molecule has 16 heteroatoms. The molecule has 3 fully saturated rings. The zero-order chi connectivity index (χ0) is 54.2. The fourth-order valence-electron chi connectivity index (χ4n) is 11.5. The van der Waals surface area contributed by atoms with Crippen molar-refractivity contribution in [2.75, 3.05) is 39.3 Å². The number of hydrogen-bond donors (Lipinski definition) is 5.